The molecule has 2 heterocycles. The SMILES string of the molecule is O=C(CCCn1cncn1)NC1CCN(Cc2cccc(O)c2)CC1. The van der Waals surface area contributed by atoms with Crippen LogP contribution in [0.2, 0.25) is 0 Å². The van der Waals surface area contributed by atoms with Crippen LogP contribution < -0.4 is 5.32 Å². The van der Waals surface area contributed by atoms with Gasteiger partial charge in [-0.05, 0) is 37.0 Å². The van der Waals surface area contributed by atoms with Crippen molar-refractivity contribution in [3.63, 3.8) is 0 Å². The van der Waals surface area contributed by atoms with Crippen LogP contribution >= 0.6 is 0 Å². The molecule has 25 heavy (non-hydrogen) atoms. The van der Waals surface area contributed by atoms with Crippen molar-refractivity contribution in [2.24, 2.45) is 0 Å². The lowest BCUT2D eigenvalue weighted by molar-refractivity contribution is -0.122. The Labute approximate surface area is 147 Å². The van der Waals surface area contributed by atoms with E-state index in [2.05, 4.69) is 20.3 Å². The Morgan fingerprint density at radius 3 is 2.88 bits per heavy atom. The number of hydrogen-bond donors (Lipinski definition) is 2. The summed E-state index contributed by atoms with van der Waals surface area (Å²) in [5.74, 6) is 0.428. The second-order valence-corrected chi connectivity index (χ2v) is 6.55. The molecule has 1 aromatic heterocycles. The Balaban J connectivity index is 1.33. The van der Waals surface area contributed by atoms with Crippen molar-refractivity contribution in [2.45, 2.75) is 44.8 Å². The predicted octanol–water partition coefficient (Wildman–Crippen LogP) is 1.54. The van der Waals surface area contributed by atoms with E-state index in [0.29, 0.717) is 12.2 Å². The number of nitrogens with zero attached hydrogens (tertiary/aromatic N) is 4. The first-order chi connectivity index (χ1) is 12.2. The third-order valence-corrected chi connectivity index (χ3v) is 4.53. The number of likely N-dealkylation sites (tertiary alicyclic amines) is 1. The zero-order valence-corrected chi connectivity index (χ0v) is 14.3. The van der Waals surface area contributed by atoms with Gasteiger partial charge in [-0.15, -0.1) is 0 Å². The van der Waals surface area contributed by atoms with Gasteiger partial charge in [-0.25, -0.2) is 4.98 Å². The van der Waals surface area contributed by atoms with Crippen LogP contribution in [0.25, 0.3) is 0 Å². The fourth-order valence-electron chi connectivity index (χ4n) is 3.20. The number of carbonyl (C=O) groups is 1. The number of carbonyl (C=O) groups excluding carboxylic acids is 1. The van der Waals surface area contributed by atoms with Crippen molar-refractivity contribution >= 4 is 5.91 Å². The molecule has 0 aliphatic carbocycles. The molecule has 7 heteroatoms. The number of piperidine rings is 1. The molecule has 0 bridgehead atoms. The first-order valence-electron chi connectivity index (χ1n) is 8.81. The molecule has 3 rings (SSSR count). The van der Waals surface area contributed by atoms with Crippen molar-refractivity contribution in [1.29, 1.82) is 0 Å². The number of aromatic nitrogens is 3. The van der Waals surface area contributed by atoms with Gasteiger partial charge < -0.3 is 10.4 Å². The van der Waals surface area contributed by atoms with Gasteiger partial charge in [0, 0.05) is 38.6 Å². The summed E-state index contributed by atoms with van der Waals surface area (Å²) in [6.07, 6.45) is 6.39. The van der Waals surface area contributed by atoms with Crippen LogP contribution in [-0.2, 0) is 17.9 Å². The minimum absolute atomic E-state index is 0.117. The van der Waals surface area contributed by atoms with Crippen LogP contribution in [0.3, 0.4) is 0 Å². The summed E-state index contributed by atoms with van der Waals surface area (Å²) in [5, 5.41) is 16.7. The molecule has 0 radical (unpaired) electrons. The van der Waals surface area contributed by atoms with Gasteiger partial charge >= 0.3 is 0 Å². The van der Waals surface area contributed by atoms with Gasteiger partial charge in [0.2, 0.25) is 5.91 Å². The Morgan fingerprint density at radius 1 is 1.32 bits per heavy atom. The largest absolute Gasteiger partial charge is 0.508 e. The first-order valence-corrected chi connectivity index (χ1v) is 8.81. The van der Waals surface area contributed by atoms with Crippen molar-refractivity contribution in [1.82, 2.24) is 25.0 Å². The van der Waals surface area contributed by atoms with Crippen LogP contribution in [0.15, 0.2) is 36.9 Å². The van der Waals surface area contributed by atoms with E-state index in [0.717, 1.165) is 51.0 Å². The molecule has 1 fully saturated rings. The van der Waals surface area contributed by atoms with E-state index in [9.17, 15) is 9.90 Å². The standard InChI is InChI=1S/C18H25N5O2/c24-17-4-1-3-15(11-17)12-22-9-6-16(7-10-22)21-18(25)5-2-8-23-14-19-13-20-23/h1,3-4,11,13-14,16,24H,2,5-10,12H2,(H,21,25). The third-order valence-electron chi connectivity index (χ3n) is 4.53. The molecule has 1 aliphatic rings. The molecular weight excluding hydrogens is 318 g/mol. The molecule has 1 amide bonds. The van der Waals surface area contributed by atoms with Gasteiger partial charge in [-0.1, -0.05) is 12.1 Å². The maximum atomic E-state index is 12.1. The Kier molecular flexibility index (Phi) is 6.00. The third kappa shape index (κ3) is 5.56. The Hall–Kier alpha value is -2.41. The van der Waals surface area contributed by atoms with Gasteiger partial charge in [0.25, 0.3) is 0 Å². The monoisotopic (exact) mass is 343 g/mol. The second kappa shape index (κ2) is 8.62. The minimum Gasteiger partial charge on any atom is -0.508 e. The number of aryl methyl sites for hydroxylation is 1. The highest BCUT2D eigenvalue weighted by molar-refractivity contribution is 5.76. The Bertz CT molecular complexity index is 666. The van der Waals surface area contributed by atoms with Gasteiger partial charge in [0.05, 0.1) is 0 Å². The number of phenols is 1. The van der Waals surface area contributed by atoms with Gasteiger partial charge in [0.1, 0.15) is 18.4 Å². The zero-order valence-electron chi connectivity index (χ0n) is 14.3. The molecule has 1 aliphatic heterocycles. The maximum absolute atomic E-state index is 12.1. The average molecular weight is 343 g/mol. The maximum Gasteiger partial charge on any atom is 0.220 e. The molecule has 2 N–H and O–H groups in total. The molecule has 134 valence electrons. The fraction of sp³-hybridized carbons (Fsp3) is 0.500. The van der Waals surface area contributed by atoms with Gasteiger partial charge in [0.15, 0.2) is 0 Å². The van der Waals surface area contributed by atoms with Gasteiger partial charge in [-0.3, -0.25) is 14.4 Å². The summed E-state index contributed by atoms with van der Waals surface area (Å²) in [6.45, 7) is 3.47. The predicted molar refractivity (Wildman–Crippen MR) is 93.8 cm³/mol. The molecule has 0 saturated carbocycles. The quantitative estimate of drug-likeness (QED) is 0.797. The van der Waals surface area contributed by atoms with Gasteiger partial charge in [-0.2, -0.15) is 5.10 Å². The van der Waals surface area contributed by atoms with E-state index in [1.807, 2.05) is 18.2 Å². The summed E-state index contributed by atoms with van der Waals surface area (Å²) < 4.78 is 1.74. The zero-order chi connectivity index (χ0) is 17.5. The molecule has 0 unspecified atom stereocenters. The summed E-state index contributed by atoms with van der Waals surface area (Å²) in [7, 11) is 0. The van der Waals surface area contributed by atoms with Crippen LogP contribution in [0.5, 0.6) is 5.75 Å². The van der Waals surface area contributed by atoms with E-state index < -0.39 is 0 Å². The first kappa shape index (κ1) is 17.4. The normalized spacial score (nSPS) is 16.0. The van der Waals surface area contributed by atoms with E-state index in [4.69, 9.17) is 0 Å². The van der Waals surface area contributed by atoms with Crippen LogP contribution in [0.1, 0.15) is 31.2 Å². The number of benzene rings is 1. The van der Waals surface area contributed by atoms with Crippen molar-refractivity contribution in [3.05, 3.63) is 42.5 Å². The van der Waals surface area contributed by atoms with Crippen LogP contribution in [0, 0.1) is 0 Å². The summed E-state index contributed by atoms with van der Waals surface area (Å²) in [5.41, 5.74) is 1.12. The topological polar surface area (TPSA) is 83.3 Å². The number of amides is 1. The summed E-state index contributed by atoms with van der Waals surface area (Å²) in [6, 6.07) is 7.66. The van der Waals surface area contributed by atoms with Crippen molar-refractivity contribution in [2.75, 3.05) is 13.1 Å². The molecule has 0 atom stereocenters. The smallest absolute Gasteiger partial charge is 0.220 e. The van der Waals surface area contributed by atoms with E-state index in [-0.39, 0.29) is 11.9 Å². The lowest BCUT2D eigenvalue weighted by Crippen LogP contribution is -2.44. The number of rotatable bonds is 7. The lowest BCUT2D eigenvalue weighted by Gasteiger charge is -2.32. The molecule has 0 spiro atoms. The second-order valence-electron chi connectivity index (χ2n) is 6.55. The van der Waals surface area contributed by atoms with Crippen molar-refractivity contribution < 1.29 is 9.90 Å². The summed E-state index contributed by atoms with van der Waals surface area (Å²) >= 11 is 0. The highest BCUT2D eigenvalue weighted by Crippen LogP contribution is 2.17. The minimum atomic E-state index is 0.117. The van der Waals surface area contributed by atoms with Crippen LogP contribution in [0.4, 0.5) is 0 Å². The number of aromatic hydroxyl groups is 1. The number of nitrogens with one attached hydrogen (secondary N) is 1. The summed E-state index contributed by atoms with van der Waals surface area (Å²) in [4.78, 5) is 18.3. The van der Waals surface area contributed by atoms with E-state index >= 15 is 0 Å². The van der Waals surface area contributed by atoms with E-state index in [1.54, 1.807) is 17.1 Å². The molecular formula is C18H25N5O2. The molecule has 1 saturated heterocycles. The number of phenolic OH excluding ortho intramolecular Hbond substituents is 1. The highest BCUT2D eigenvalue weighted by atomic mass is 16.3. The Morgan fingerprint density at radius 2 is 2.16 bits per heavy atom. The molecule has 1 aromatic carbocycles. The fourth-order valence-corrected chi connectivity index (χ4v) is 3.20. The van der Waals surface area contributed by atoms with Crippen LogP contribution in [-0.4, -0.2) is 49.8 Å². The molecule has 2 aromatic rings. The number of hydrogen-bond acceptors (Lipinski definition) is 5. The van der Waals surface area contributed by atoms with E-state index in [1.165, 1.54) is 6.33 Å². The molecule has 7 nitrogen and oxygen atoms in total. The lowest BCUT2D eigenvalue weighted by atomic mass is 10.0. The van der Waals surface area contributed by atoms with Crippen molar-refractivity contribution in [3.8, 4) is 5.75 Å². The average Bonchev–Trinajstić information content (AvgIpc) is 3.10. The highest BCUT2D eigenvalue weighted by Gasteiger charge is 2.20.